The highest BCUT2D eigenvalue weighted by molar-refractivity contribution is 6.33. The average molecular weight is 243 g/mol. The number of amides is 1. The van der Waals surface area contributed by atoms with E-state index in [1.165, 1.54) is 12.1 Å². The third kappa shape index (κ3) is 2.03. The fourth-order valence-electron chi connectivity index (χ4n) is 1.62. The Morgan fingerprint density at radius 2 is 2.19 bits per heavy atom. The van der Waals surface area contributed by atoms with Gasteiger partial charge < -0.3 is 11.1 Å². The van der Waals surface area contributed by atoms with E-state index in [2.05, 4.69) is 5.32 Å². The minimum atomic E-state index is -0.780. The standard InChI is InChI=1S/C11H12ClFN2O/c12-8-6-7(13)2-3-9(8)15-10(16)11(14)4-1-5-11/h2-3,6H,1,4-5,14H2,(H,15,16). The maximum absolute atomic E-state index is 12.8. The lowest BCUT2D eigenvalue weighted by molar-refractivity contribution is -0.123. The first-order valence-electron chi connectivity index (χ1n) is 5.07. The van der Waals surface area contributed by atoms with E-state index < -0.39 is 11.4 Å². The van der Waals surface area contributed by atoms with Gasteiger partial charge in [-0.25, -0.2) is 4.39 Å². The summed E-state index contributed by atoms with van der Waals surface area (Å²) >= 11 is 5.79. The average Bonchev–Trinajstić information content (AvgIpc) is 2.18. The molecule has 0 atom stereocenters. The molecule has 0 saturated heterocycles. The number of nitrogens with two attached hydrogens (primary N) is 1. The maximum Gasteiger partial charge on any atom is 0.244 e. The van der Waals surface area contributed by atoms with Crippen LogP contribution in [0.25, 0.3) is 0 Å². The molecule has 1 fully saturated rings. The van der Waals surface area contributed by atoms with E-state index in [0.29, 0.717) is 18.5 Å². The molecule has 0 spiro atoms. The Labute approximate surface area is 97.8 Å². The normalized spacial score (nSPS) is 17.7. The summed E-state index contributed by atoms with van der Waals surface area (Å²) in [4.78, 5) is 11.8. The van der Waals surface area contributed by atoms with Gasteiger partial charge in [0, 0.05) is 0 Å². The van der Waals surface area contributed by atoms with E-state index >= 15 is 0 Å². The fraction of sp³-hybridized carbons (Fsp3) is 0.364. The lowest BCUT2D eigenvalue weighted by Crippen LogP contribution is -2.56. The Balaban J connectivity index is 2.12. The van der Waals surface area contributed by atoms with Crippen LogP contribution >= 0.6 is 11.6 Å². The maximum atomic E-state index is 12.8. The van der Waals surface area contributed by atoms with Crippen LogP contribution in [0.15, 0.2) is 18.2 Å². The fourth-order valence-corrected chi connectivity index (χ4v) is 1.84. The summed E-state index contributed by atoms with van der Waals surface area (Å²) in [7, 11) is 0. The zero-order valence-electron chi connectivity index (χ0n) is 8.59. The van der Waals surface area contributed by atoms with Gasteiger partial charge in [0.15, 0.2) is 0 Å². The van der Waals surface area contributed by atoms with Crippen LogP contribution in [-0.4, -0.2) is 11.4 Å². The van der Waals surface area contributed by atoms with Crippen molar-refractivity contribution in [2.24, 2.45) is 5.73 Å². The minimum absolute atomic E-state index is 0.177. The number of benzene rings is 1. The summed E-state index contributed by atoms with van der Waals surface area (Å²) in [5.41, 5.74) is 5.46. The number of rotatable bonds is 2. The summed E-state index contributed by atoms with van der Waals surface area (Å²) in [6.07, 6.45) is 2.32. The molecule has 3 N–H and O–H groups in total. The highest BCUT2D eigenvalue weighted by Crippen LogP contribution is 2.31. The first-order chi connectivity index (χ1) is 7.51. The third-order valence-electron chi connectivity index (χ3n) is 2.88. The summed E-state index contributed by atoms with van der Waals surface area (Å²) in [5, 5.41) is 2.79. The van der Waals surface area contributed by atoms with Crippen molar-refractivity contribution in [3.8, 4) is 0 Å². The number of nitrogens with one attached hydrogen (secondary N) is 1. The van der Waals surface area contributed by atoms with Crippen molar-refractivity contribution in [2.45, 2.75) is 24.8 Å². The second kappa shape index (κ2) is 4.03. The largest absolute Gasteiger partial charge is 0.323 e. The molecule has 1 aliphatic rings. The Kier molecular flexibility index (Phi) is 2.86. The molecule has 86 valence electrons. The summed E-state index contributed by atoms with van der Waals surface area (Å²) in [6.45, 7) is 0. The third-order valence-corrected chi connectivity index (χ3v) is 3.19. The topological polar surface area (TPSA) is 55.1 Å². The zero-order chi connectivity index (χ0) is 11.8. The SMILES string of the molecule is NC1(C(=O)Nc2ccc(F)cc2Cl)CCC1. The number of anilines is 1. The molecule has 0 heterocycles. The Morgan fingerprint density at radius 1 is 1.50 bits per heavy atom. The highest BCUT2D eigenvalue weighted by Gasteiger charge is 2.40. The van der Waals surface area contributed by atoms with Crippen LogP contribution in [0, 0.1) is 5.82 Å². The van der Waals surface area contributed by atoms with Crippen molar-refractivity contribution in [1.82, 2.24) is 0 Å². The van der Waals surface area contributed by atoms with Crippen molar-refractivity contribution < 1.29 is 9.18 Å². The van der Waals surface area contributed by atoms with Crippen LogP contribution in [0.3, 0.4) is 0 Å². The molecule has 0 unspecified atom stereocenters. The Bertz CT molecular complexity index is 432. The van der Waals surface area contributed by atoms with Crippen molar-refractivity contribution in [2.75, 3.05) is 5.32 Å². The van der Waals surface area contributed by atoms with Crippen LogP contribution in [-0.2, 0) is 4.79 Å². The van der Waals surface area contributed by atoms with Crippen molar-refractivity contribution in [3.63, 3.8) is 0 Å². The van der Waals surface area contributed by atoms with Crippen LogP contribution in [0.5, 0.6) is 0 Å². The molecule has 0 radical (unpaired) electrons. The lowest BCUT2D eigenvalue weighted by atomic mass is 9.77. The minimum Gasteiger partial charge on any atom is -0.323 e. The van der Waals surface area contributed by atoms with Crippen molar-refractivity contribution >= 4 is 23.2 Å². The highest BCUT2D eigenvalue weighted by atomic mass is 35.5. The molecule has 5 heteroatoms. The van der Waals surface area contributed by atoms with E-state index in [1.54, 1.807) is 0 Å². The quantitative estimate of drug-likeness (QED) is 0.836. The number of hydrogen-bond acceptors (Lipinski definition) is 2. The van der Waals surface area contributed by atoms with Gasteiger partial charge in [0.05, 0.1) is 16.2 Å². The van der Waals surface area contributed by atoms with Gasteiger partial charge in [0.2, 0.25) is 5.91 Å². The Morgan fingerprint density at radius 3 is 2.69 bits per heavy atom. The van der Waals surface area contributed by atoms with Gasteiger partial charge in [0.1, 0.15) is 5.82 Å². The molecule has 0 aromatic heterocycles. The molecule has 1 saturated carbocycles. The lowest BCUT2D eigenvalue weighted by Gasteiger charge is -2.36. The van der Waals surface area contributed by atoms with Gasteiger partial charge >= 0.3 is 0 Å². The Hall–Kier alpha value is -1.13. The van der Waals surface area contributed by atoms with Crippen LogP contribution < -0.4 is 11.1 Å². The number of carbonyl (C=O) groups is 1. The van der Waals surface area contributed by atoms with Gasteiger partial charge in [0.25, 0.3) is 0 Å². The van der Waals surface area contributed by atoms with E-state index in [1.807, 2.05) is 0 Å². The van der Waals surface area contributed by atoms with E-state index in [-0.39, 0.29) is 10.9 Å². The molecular weight excluding hydrogens is 231 g/mol. The van der Waals surface area contributed by atoms with E-state index in [9.17, 15) is 9.18 Å². The molecule has 1 aromatic carbocycles. The van der Waals surface area contributed by atoms with E-state index in [0.717, 1.165) is 12.5 Å². The second-order valence-electron chi connectivity index (χ2n) is 4.09. The van der Waals surface area contributed by atoms with Gasteiger partial charge in [-0.05, 0) is 37.5 Å². The molecule has 1 amide bonds. The molecule has 0 aliphatic heterocycles. The molecule has 1 aliphatic carbocycles. The van der Waals surface area contributed by atoms with Gasteiger partial charge in [-0.3, -0.25) is 4.79 Å². The number of carbonyl (C=O) groups excluding carboxylic acids is 1. The number of hydrogen-bond donors (Lipinski definition) is 2. The molecular formula is C11H12ClFN2O. The van der Waals surface area contributed by atoms with Crippen molar-refractivity contribution in [3.05, 3.63) is 29.0 Å². The summed E-state index contributed by atoms with van der Waals surface area (Å²) in [5.74, 6) is -0.693. The second-order valence-corrected chi connectivity index (χ2v) is 4.50. The molecule has 2 rings (SSSR count). The summed E-state index contributed by atoms with van der Waals surface area (Å²) < 4.78 is 12.8. The van der Waals surface area contributed by atoms with Gasteiger partial charge in [-0.1, -0.05) is 11.6 Å². The van der Waals surface area contributed by atoms with Crippen LogP contribution in [0.1, 0.15) is 19.3 Å². The predicted octanol–water partition coefficient (Wildman–Crippen LogP) is 2.30. The summed E-state index contributed by atoms with van der Waals surface area (Å²) in [6, 6.07) is 3.82. The first kappa shape index (κ1) is 11.4. The van der Waals surface area contributed by atoms with Crippen molar-refractivity contribution in [1.29, 1.82) is 0 Å². The monoisotopic (exact) mass is 242 g/mol. The molecule has 0 bridgehead atoms. The molecule has 1 aromatic rings. The van der Waals surface area contributed by atoms with E-state index in [4.69, 9.17) is 17.3 Å². The van der Waals surface area contributed by atoms with Gasteiger partial charge in [-0.15, -0.1) is 0 Å². The predicted molar refractivity (Wildman–Crippen MR) is 60.8 cm³/mol. The number of halogens is 2. The molecule has 16 heavy (non-hydrogen) atoms. The first-order valence-corrected chi connectivity index (χ1v) is 5.44. The zero-order valence-corrected chi connectivity index (χ0v) is 9.35. The van der Waals surface area contributed by atoms with Crippen LogP contribution in [0.4, 0.5) is 10.1 Å². The van der Waals surface area contributed by atoms with Crippen LogP contribution in [0.2, 0.25) is 5.02 Å². The van der Waals surface area contributed by atoms with Gasteiger partial charge in [-0.2, -0.15) is 0 Å². The smallest absolute Gasteiger partial charge is 0.244 e. The molecule has 3 nitrogen and oxygen atoms in total.